The molecule has 1 heterocycles. The van der Waals surface area contributed by atoms with E-state index in [1.54, 1.807) is 6.20 Å². The number of rotatable bonds is 4. The van der Waals surface area contributed by atoms with Gasteiger partial charge in [-0.15, -0.1) is 0 Å². The molecule has 3 rings (SSSR count). The standard InChI is InChI=1S/C15H16ClN3/c16-13-6-3-7-18-15(13)14(19-17)9-11-8-10-4-1-2-5-12(10)11/h1-7,11,14,19H,8-9,17H2. The Morgan fingerprint density at radius 2 is 2.16 bits per heavy atom. The molecule has 0 saturated carbocycles. The Bertz CT molecular complexity index is 585. The monoisotopic (exact) mass is 273 g/mol. The summed E-state index contributed by atoms with van der Waals surface area (Å²) < 4.78 is 0. The number of hydrogen-bond donors (Lipinski definition) is 2. The average molecular weight is 274 g/mol. The van der Waals surface area contributed by atoms with Crippen LogP contribution in [0.1, 0.15) is 35.2 Å². The minimum atomic E-state index is -0.00736. The van der Waals surface area contributed by atoms with E-state index in [0.29, 0.717) is 10.9 Å². The van der Waals surface area contributed by atoms with Crippen LogP contribution in [-0.2, 0) is 6.42 Å². The van der Waals surface area contributed by atoms with Gasteiger partial charge in [-0.05, 0) is 42.0 Å². The molecule has 0 bridgehead atoms. The molecule has 2 unspecified atom stereocenters. The number of benzene rings is 1. The fraction of sp³-hybridized carbons (Fsp3) is 0.267. The van der Waals surface area contributed by atoms with E-state index in [4.69, 9.17) is 17.4 Å². The molecule has 1 aromatic heterocycles. The molecular formula is C15H16ClN3. The molecule has 19 heavy (non-hydrogen) atoms. The van der Waals surface area contributed by atoms with Crippen molar-refractivity contribution in [3.63, 3.8) is 0 Å². The van der Waals surface area contributed by atoms with E-state index in [0.717, 1.165) is 18.5 Å². The normalized spacial score (nSPS) is 18.5. The van der Waals surface area contributed by atoms with Crippen molar-refractivity contribution in [3.8, 4) is 0 Å². The molecule has 4 heteroatoms. The number of halogens is 1. The van der Waals surface area contributed by atoms with Crippen LogP contribution in [-0.4, -0.2) is 4.98 Å². The third-order valence-corrected chi connectivity index (χ3v) is 4.12. The second kappa shape index (κ2) is 5.29. The summed E-state index contributed by atoms with van der Waals surface area (Å²) in [7, 11) is 0. The van der Waals surface area contributed by atoms with Gasteiger partial charge in [0, 0.05) is 6.20 Å². The van der Waals surface area contributed by atoms with Crippen molar-refractivity contribution in [1.82, 2.24) is 10.4 Å². The van der Waals surface area contributed by atoms with Gasteiger partial charge in [-0.3, -0.25) is 16.3 Å². The summed E-state index contributed by atoms with van der Waals surface area (Å²) in [6, 6.07) is 12.2. The van der Waals surface area contributed by atoms with Crippen molar-refractivity contribution in [2.75, 3.05) is 0 Å². The fourth-order valence-electron chi connectivity index (χ4n) is 2.77. The fourth-order valence-corrected chi connectivity index (χ4v) is 3.02. The third-order valence-electron chi connectivity index (χ3n) is 3.80. The topological polar surface area (TPSA) is 50.9 Å². The number of hydrazine groups is 1. The average Bonchev–Trinajstić information content (AvgIpc) is 2.42. The first-order valence-corrected chi connectivity index (χ1v) is 6.81. The summed E-state index contributed by atoms with van der Waals surface area (Å²) in [4.78, 5) is 4.34. The van der Waals surface area contributed by atoms with Crippen LogP contribution in [0.25, 0.3) is 0 Å². The van der Waals surface area contributed by atoms with Crippen LogP contribution in [0.4, 0.5) is 0 Å². The van der Waals surface area contributed by atoms with Crippen LogP contribution < -0.4 is 11.3 Å². The van der Waals surface area contributed by atoms with Crippen molar-refractivity contribution in [3.05, 3.63) is 64.4 Å². The molecule has 2 atom stereocenters. The second-order valence-corrected chi connectivity index (χ2v) is 5.33. The van der Waals surface area contributed by atoms with Crippen molar-refractivity contribution in [1.29, 1.82) is 0 Å². The van der Waals surface area contributed by atoms with E-state index in [2.05, 4.69) is 34.7 Å². The highest BCUT2D eigenvalue weighted by Gasteiger charge is 2.29. The highest BCUT2D eigenvalue weighted by atomic mass is 35.5. The Labute approximate surface area is 117 Å². The molecule has 1 aliphatic carbocycles. The van der Waals surface area contributed by atoms with Gasteiger partial charge < -0.3 is 0 Å². The highest BCUT2D eigenvalue weighted by molar-refractivity contribution is 6.31. The molecular weight excluding hydrogens is 258 g/mol. The number of hydrogen-bond acceptors (Lipinski definition) is 3. The molecule has 0 radical (unpaired) electrons. The maximum absolute atomic E-state index is 6.18. The molecule has 0 fully saturated rings. The molecule has 98 valence electrons. The van der Waals surface area contributed by atoms with E-state index in [1.165, 1.54) is 11.1 Å². The number of fused-ring (bicyclic) bond motifs is 1. The van der Waals surface area contributed by atoms with E-state index in [-0.39, 0.29) is 6.04 Å². The summed E-state index contributed by atoms with van der Waals surface area (Å²) in [5, 5.41) is 0.665. The van der Waals surface area contributed by atoms with Gasteiger partial charge in [-0.1, -0.05) is 35.9 Å². The van der Waals surface area contributed by atoms with Gasteiger partial charge in [-0.2, -0.15) is 0 Å². The van der Waals surface area contributed by atoms with Crippen LogP contribution in [0.2, 0.25) is 5.02 Å². The number of nitrogens with two attached hydrogens (primary N) is 1. The van der Waals surface area contributed by atoms with Crippen LogP contribution in [0.3, 0.4) is 0 Å². The van der Waals surface area contributed by atoms with Crippen LogP contribution in [0, 0.1) is 0 Å². The Kier molecular flexibility index (Phi) is 3.51. The molecule has 3 N–H and O–H groups in total. The van der Waals surface area contributed by atoms with Crippen LogP contribution in [0.5, 0.6) is 0 Å². The quantitative estimate of drug-likeness (QED) is 0.665. The number of aromatic nitrogens is 1. The molecule has 2 aromatic rings. The number of nitrogens with zero attached hydrogens (tertiary/aromatic N) is 1. The van der Waals surface area contributed by atoms with Crippen LogP contribution in [0.15, 0.2) is 42.6 Å². The molecule has 1 aromatic carbocycles. The van der Waals surface area contributed by atoms with Gasteiger partial charge in [0.25, 0.3) is 0 Å². The van der Waals surface area contributed by atoms with Crippen molar-refractivity contribution in [2.45, 2.75) is 24.8 Å². The Balaban J connectivity index is 1.78. The first-order chi connectivity index (χ1) is 9.29. The summed E-state index contributed by atoms with van der Waals surface area (Å²) in [6.45, 7) is 0. The van der Waals surface area contributed by atoms with Gasteiger partial charge >= 0.3 is 0 Å². The Morgan fingerprint density at radius 1 is 1.32 bits per heavy atom. The van der Waals surface area contributed by atoms with Gasteiger partial charge in [0.05, 0.1) is 16.8 Å². The zero-order valence-corrected chi connectivity index (χ0v) is 11.3. The summed E-state index contributed by atoms with van der Waals surface area (Å²) >= 11 is 6.18. The molecule has 0 spiro atoms. The van der Waals surface area contributed by atoms with Gasteiger partial charge in [0.2, 0.25) is 0 Å². The van der Waals surface area contributed by atoms with Crippen molar-refractivity contribution in [2.24, 2.45) is 5.84 Å². The molecule has 3 nitrogen and oxygen atoms in total. The van der Waals surface area contributed by atoms with Crippen molar-refractivity contribution >= 4 is 11.6 Å². The molecule has 1 aliphatic rings. The largest absolute Gasteiger partial charge is 0.271 e. The maximum atomic E-state index is 6.18. The lowest BCUT2D eigenvalue weighted by atomic mass is 9.74. The predicted molar refractivity (Wildman–Crippen MR) is 76.8 cm³/mol. The maximum Gasteiger partial charge on any atom is 0.0772 e. The first-order valence-electron chi connectivity index (χ1n) is 6.44. The lowest BCUT2D eigenvalue weighted by Gasteiger charge is -2.32. The molecule has 0 amide bonds. The van der Waals surface area contributed by atoms with Gasteiger partial charge in [0.15, 0.2) is 0 Å². The molecule has 0 saturated heterocycles. The minimum absolute atomic E-state index is 0.00736. The Morgan fingerprint density at radius 3 is 2.89 bits per heavy atom. The van der Waals surface area contributed by atoms with E-state index in [1.807, 2.05) is 12.1 Å². The van der Waals surface area contributed by atoms with E-state index in [9.17, 15) is 0 Å². The SMILES string of the molecule is NNC(CC1Cc2ccccc21)c1ncccc1Cl. The summed E-state index contributed by atoms with van der Waals surface area (Å²) in [6.07, 6.45) is 3.78. The van der Waals surface area contributed by atoms with Gasteiger partial charge in [-0.25, -0.2) is 0 Å². The predicted octanol–water partition coefficient (Wildman–Crippen LogP) is 2.97. The summed E-state index contributed by atoms with van der Waals surface area (Å²) in [5.41, 5.74) is 6.54. The highest BCUT2D eigenvalue weighted by Crippen LogP contribution is 2.40. The Hall–Kier alpha value is -1.42. The zero-order chi connectivity index (χ0) is 13.2. The second-order valence-electron chi connectivity index (χ2n) is 4.93. The van der Waals surface area contributed by atoms with Crippen molar-refractivity contribution < 1.29 is 0 Å². The third kappa shape index (κ3) is 2.37. The number of pyridine rings is 1. The lowest BCUT2D eigenvalue weighted by Crippen LogP contribution is -2.32. The van der Waals surface area contributed by atoms with Crippen LogP contribution >= 0.6 is 11.6 Å². The number of nitrogens with one attached hydrogen (secondary N) is 1. The lowest BCUT2D eigenvalue weighted by molar-refractivity contribution is 0.428. The van der Waals surface area contributed by atoms with E-state index < -0.39 is 0 Å². The first kappa shape index (κ1) is 12.6. The smallest absolute Gasteiger partial charge is 0.0772 e. The van der Waals surface area contributed by atoms with Gasteiger partial charge in [0.1, 0.15) is 0 Å². The minimum Gasteiger partial charge on any atom is -0.271 e. The summed E-state index contributed by atoms with van der Waals surface area (Å²) in [5.74, 6) is 6.21. The molecule has 0 aliphatic heterocycles. The zero-order valence-electron chi connectivity index (χ0n) is 10.5. The van der Waals surface area contributed by atoms with E-state index >= 15 is 0 Å².